The van der Waals surface area contributed by atoms with Gasteiger partial charge in [0.15, 0.2) is 0 Å². The van der Waals surface area contributed by atoms with E-state index < -0.39 is 4.92 Å². The molecule has 0 saturated carbocycles. The highest BCUT2D eigenvalue weighted by atomic mass is 16.6. The molecule has 0 saturated heterocycles. The van der Waals surface area contributed by atoms with Gasteiger partial charge in [-0.1, -0.05) is 6.92 Å². The van der Waals surface area contributed by atoms with Crippen molar-refractivity contribution in [3.63, 3.8) is 0 Å². The highest BCUT2D eigenvalue weighted by Crippen LogP contribution is 2.20. The Labute approximate surface area is 93.2 Å². The van der Waals surface area contributed by atoms with E-state index in [9.17, 15) is 14.9 Å². The van der Waals surface area contributed by atoms with Crippen LogP contribution >= 0.6 is 0 Å². The van der Waals surface area contributed by atoms with Gasteiger partial charge < -0.3 is 4.74 Å². The van der Waals surface area contributed by atoms with Crippen molar-refractivity contribution in [3.8, 4) is 0 Å². The number of esters is 1. The van der Waals surface area contributed by atoms with Crippen molar-refractivity contribution < 1.29 is 14.5 Å². The number of hydrogen-bond donors (Lipinski definition) is 0. The van der Waals surface area contributed by atoms with Crippen LogP contribution in [0, 0.1) is 10.1 Å². The molecular weight excluding hydrogens is 210 g/mol. The van der Waals surface area contributed by atoms with Gasteiger partial charge in [-0.15, -0.1) is 0 Å². The first kappa shape index (κ1) is 12.2. The van der Waals surface area contributed by atoms with Gasteiger partial charge in [-0.2, -0.15) is 0 Å². The minimum atomic E-state index is -0.466. The molecule has 0 aliphatic carbocycles. The Hall–Kier alpha value is -1.91. The molecule has 16 heavy (non-hydrogen) atoms. The first-order valence-corrected chi connectivity index (χ1v) is 4.98. The zero-order valence-corrected chi connectivity index (χ0v) is 9.17. The number of benzene rings is 1. The second-order valence-electron chi connectivity index (χ2n) is 3.33. The lowest BCUT2D eigenvalue weighted by Gasteiger charge is -2.12. The highest BCUT2D eigenvalue weighted by Gasteiger charge is 2.11. The zero-order valence-electron chi connectivity index (χ0n) is 9.17. The van der Waals surface area contributed by atoms with Gasteiger partial charge in [0.2, 0.25) is 0 Å². The Morgan fingerprint density at radius 1 is 1.44 bits per heavy atom. The maximum atomic E-state index is 11.0. The molecule has 0 aliphatic heterocycles. The number of hydrogen-bond acceptors (Lipinski definition) is 4. The van der Waals surface area contributed by atoms with Gasteiger partial charge >= 0.3 is 5.97 Å². The number of ether oxygens (including phenoxy) is 1. The first-order chi connectivity index (χ1) is 7.54. The SMILES string of the molecule is CCC(=O)OC(C)c1ccc([N+](=O)[O-])cc1. The predicted molar refractivity (Wildman–Crippen MR) is 57.9 cm³/mol. The molecule has 0 aromatic heterocycles. The quantitative estimate of drug-likeness (QED) is 0.447. The second kappa shape index (κ2) is 5.25. The van der Waals surface area contributed by atoms with E-state index in [1.54, 1.807) is 26.0 Å². The Kier molecular flexibility index (Phi) is 3.99. The van der Waals surface area contributed by atoms with Gasteiger partial charge in [0, 0.05) is 18.6 Å². The fraction of sp³-hybridized carbons (Fsp3) is 0.364. The van der Waals surface area contributed by atoms with Crippen LogP contribution in [-0.2, 0) is 9.53 Å². The summed E-state index contributed by atoms with van der Waals surface area (Å²) in [7, 11) is 0. The van der Waals surface area contributed by atoms with E-state index in [4.69, 9.17) is 4.74 Å². The molecule has 1 atom stereocenters. The average molecular weight is 223 g/mol. The molecule has 86 valence electrons. The lowest BCUT2D eigenvalue weighted by Crippen LogP contribution is -2.07. The second-order valence-corrected chi connectivity index (χ2v) is 3.33. The number of nitro groups is 1. The summed E-state index contributed by atoms with van der Waals surface area (Å²) in [6.07, 6.45) is -0.0645. The monoisotopic (exact) mass is 223 g/mol. The molecule has 0 heterocycles. The van der Waals surface area contributed by atoms with Crippen LogP contribution < -0.4 is 0 Å². The number of carbonyl (C=O) groups is 1. The molecule has 5 nitrogen and oxygen atoms in total. The van der Waals surface area contributed by atoms with Crippen LogP contribution in [0.15, 0.2) is 24.3 Å². The van der Waals surface area contributed by atoms with Gasteiger partial charge in [-0.3, -0.25) is 14.9 Å². The third-order valence-electron chi connectivity index (χ3n) is 2.17. The van der Waals surface area contributed by atoms with Gasteiger partial charge in [-0.05, 0) is 24.6 Å². The number of non-ortho nitro benzene ring substituents is 1. The van der Waals surface area contributed by atoms with Crippen molar-refractivity contribution in [1.82, 2.24) is 0 Å². The summed E-state index contributed by atoms with van der Waals surface area (Å²) in [5.41, 5.74) is 0.769. The Morgan fingerprint density at radius 2 is 2.00 bits per heavy atom. The zero-order chi connectivity index (χ0) is 12.1. The Balaban J connectivity index is 2.73. The summed E-state index contributed by atoms with van der Waals surface area (Å²) in [5, 5.41) is 10.4. The summed E-state index contributed by atoms with van der Waals surface area (Å²) < 4.78 is 5.08. The lowest BCUT2D eigenvalue weighted by atomic mass is 10.1. The molecule has 0 amide bonds. The summed E-state index contributed by atoms with van der Waals surface area (Å²) in [6, 6.07) is 5.97. The lowest BCUT2D eigenvalue weighted by molar-refractivity contribution is -0.384. The van der Waals surface area contributed by atoms with E-state index in [0.717, 1.165) is 5.56 Å². The highest BCUT2D eigenvalue weighted by molar-refractivity contribution is 5.69. The molecule has 5 heteroatoms. The van der Waals surface area contributed by atoms with Crippen molar-refractivity contribution in [2.45, 2.75) is 26.4 Å². The first-order valence-electron chi connectivity index (χ1n) is 4.98. The molecular formula is C11H13NO4. The minimum Gasteiger partial charge on any atom is -0.458 e. The van der Waals surface area contributed by atoms with E-state index in [-0.39, 0.29) is 17.8 Å². The van der Waals surface area contributed by atoms with Gasteiger partial charge in [0.1, 0.15) is 6.10 Å². The fourth-order valence-electron chi connectivity index (χ4n) is 1.22. The standard InChI is InChI=1S/C11H13NO4/c1-3-11(13)16-8(2)9-4-6-10(7-5-9)12(14)15/h4-8H,3H2,1-2H3. The molecule has 1 unspecified atom stereocenters. The molecule has 0 aliphatic rings. The summed E-state index contributed by atoms with van der Waals surface area (Å²) in [6.45, 7) is 3.44. The number of carbonyl (C=O) groups excluding carboxylic acids is 1. The third kappa shape index (κ3) is 3.05. The van der Waals surface area contributed by atoms with Gasteiger partial charge in [0.05, 0.1) is 4.92 Å². The molecule has 0 bridgehead atoms. The fourth-order valence-corrected chi connectivity index (χ4v) is 1.22. The van der Waals surface area contributed by atoms with Crippen molar-refractivity contribution in [1.29, 1.82) is 0 Å². The Morgan fingerprint density at radius 3 is 2.44 bits per heavy atom. The minimum absolute atomic E-state index is 0.0257. The van der Waals surface area contributed by atoms with Gasteiger partial charge in [-0.25, -0.2) is 0 Å². The van der Waals surface area contributed by atoms with E-state index in [1.165, 1.54) is 12.1 Å². The van der Waals surface area contributed by atoms with E-state index in [0.29, 0.717) is 6.42 Å². The van der Waals surface area contributed by atoms with Crippen LogP contribution in [0.25, 0.3) is 0 Å². The predicted octanol–water partition coefficient (Wildman–Crippen LogP) is 2.61. The van der Waals surface area contributed by atoms with E-state index in [1.807, 2.05) is 0 Å². The molecule has 0 fully saturated rings. The summed E-state index contributed by atoms with van der Waals surface area (Å²) >= 11 is 0. The van der Waals surface area contributed by atoms with Crippen LogP contribution in [0.4, 0.5) is 5.69 Å². The van der Waals surface area contributed by atoms with Crippen LogP contribution in [0.3, 0.4) is 0 Å². The number of rotatable bonds is 4. The maximum Gasteiger partial charge on any atom is 0.306 e. The average Bonchev–Trinajstić information content (AvgIpc) is 2.28. The van der Waals surface area contributed by atoms with Crippen molar-refractivity contribution in [3.05, 3.63) is 39.9 Å². The maximum absolute atomic E-state index is 11.0. The van der Waals surface area contributed by atoms with Crippen molar-refractivity contribution >= 4 is 11.7 Å². The van der Waals surface area contributed by atoms with Crippen LogP contribution in [0.2, 0.25) is 0 Å². The van der Waals surface area contributed by atoms with Crippen LogP contribution in [-0.4, -0.2) is 10.9 Å². The van der Waals surface area contributed by atoms with Crippen LogP contribution in [0.5, 0.6) is 0 Å². The smallest absolute Gasteiger partial charge is 0.306 e. The molecule has 0 spiro atoms. The molecule has 1 aromatic rings. The van der Waals surface area contributed by atoms with Crippen molar-refractivity contribution in [2.75, 3.05) is 0 Å². The summed E-state index contributed by atoms with van der Waals surface area (Å²) in [4.78, 5) is 21.0. The van der Waals surface area contributed by atoms with Gasteiger partial charge in [0.25, 0.3) is 5.69 Å². The Bertz CT molecular complexity index is 385. The third-order valence-corrected chi connectivity index (χ3v) is 2.17. The van der Waals surface area contributed by atoms with E-state index in [2.05, 4.69) is 0 Å². The molecule has 1 rings (SSSR count). The largest absolute Gasteiger partial charge is 0.458 e. The van der Waals surface area contributed by atoms with Crippen molar-refractivity contribution in [2.24, 2.45) is 0 Å². The molecule has 0 N–H and O–H groups in total. The topological polar surface area (TPSA) is 69.4 Å². The normalized spacial score (nSPS) is 11.9. The van der Waals surface area contributed by atoms with Crippen LogP contribution in [0.1, 0.15) is 31.9 Å². The molecule has 1 aromatic carbocycles. The van der Waals surface area contributed by atoms with E-state index >= 15 is 0 Å². The molecule has 0 radical (unpaired) electrons. The summed E-state index contributed by atoms with van der Waals surface area (Å²) in [5.74, 6) is -0.286. The number of nitrogens with zero attached hydrogens (tertiary/aromatic N) is 1. The number of nitro benzene ring substituents is 1.